The van der Waals surface area contributed by atoms with Crippen molar-refractivity contribution in [2.75, 3.05) is 11.9 Å². The van der Waals surface area contributed by atoms with Crippen molar-refractivity contribution in [3.05, 3.63) is 24.5 Å². The maximum Gasteiger partial charge on any atom is 0.241 e. The van der Waals surface area contributed by atoms with Gasteiger partial charge in [-0.2, -0.15) is 0 Å². The number of anilines is 1. The van der Waals surface area contributed by atoms with Gasteiger partial charge in [-0.25, -0.2) is 0 Å². The smallest absolute Gasteiger partial charge is 0.241 e. The fourth-order valence-corrected chi connectivity index (χ4v) is 1.18. The third kappa shape index (κ3) is 1.84. The molecule has 0 saturated carbocycles. The number of hydrogen-bond acceptors (Lipinski definition) is 3. The van der Waals surface area contributed by atoms with Gasteiger partial charge in [0.25, 0.3) is 0 Å². The molecule has 0 bridgehead atoms. The van der Waals surface area contributed by atoms with E-state index in [-0.39, 0.29) is 11.9 Å². The van der Waals surface area contributed by atoms with Gasteiger partial charge in [0.2, 0.25) is 5.91 Å². The molecule has 4 heteroatoms. The molecule has 1 fully saturated rings. The maximum absolute atomic E-state index is 11.4. The zero-order valence-corrected chi connectivity index (χ0v) is 7.16. The van der Waals surface area contributed by atoms with Crippen molar-refractivity contribution in [2.24, 2.45) is 0 Å². The van der Waals surface area contributed by atoms with E-state index in [1.807, 2.05) is 0 Å². The average molecular weight is 177 g/mol. The van der Waals surface area contributed by atoms with Crippen LogP contribution in [0.1, 0.15) is 6.42 Å². The summed E-state index contributed by atoms with van der Waals surface area (Å²) >= 11 is 0. The molecule has 0 aromatic carbocycles. The summed E-state index contributed by atoms with van der Waals surface area (Å²) < 4.78 is 0. The number of carbonyl (C=O) groups is 1. The molecule has 1 amide bonds. The summed E-state index contributed by atoms with van der Waals surface area (Å²) in [5, 5.41) is 5.84. The first-order chi connectivity index (χ1) is 6.36. The Labute approximate surface area is 76.4 Å². The molecule has 1 unspecified atom stereocenters. The summed E-state index contributed by atoms with van der Waals surface area (Å²) in [5.74, 6) is 0.0393. The minimum atomic E-state index is -0.00633. The van der Waals surface area contributed by atoms with Gasteiger partial charge in [-0.3, -0.25) is 9.78 Å². The van der Waals surface area contributed by atoms with Crippen molar-refractivity contribution in [3.8, 4) is 0 Å². The number of hydrogen-bond donors (Lipinski definition) is 2. The predicted molar refractivity (Wildman–Crippen MR) is 49.3 cm³/mol. The van der Waals surface area contributed by atoms with Gasteiger partial charge in [0.15, 0.2) is 0 Å². The van der Waals surface area contributed by atoms with Crippen molar-refractivity contribution in [2.45, 2.75) is 12.5 Å². The lowest BCUT2D eigenvalue weighted by atomic mass is 10.1. The van der Waals surface area contributed by atoms with Crippen molar-refractivity contribution in [1.82, 2.24) is 10.3 Å². The third-order valence-electron chi connectivity index (χ3n) is 2.09. The average Bonchev–Trinajstić information content (AvgIpc) is 2.02. The number of nitrogens with one attached hydrogen (secondary N) is 2. The second-order valence-corrected chi connectivity index (χ2v) is 3.02. The topological polar surface area (TPSA) is 54.0 Å². The Morgan fingerprint density at radius 2 is 2.23 bits per heavy atom. The van der Waals surface area contributed by atoms with Crippen LogP contribution in [0.2, 0.25) is 0 Å². The molecule has 1 aromatic rings. The largest absolute Gasteiger partial charge is 0.325 e. The second kappa shape index (κ2) is 3.53. The van der Waals surface area contributed by atoms with Gasteiger partial charge in [-0.05, 0) is 25.1 Å². The first kappa shape index (κ1) is 8.19. The Hall–Kier alpha value is -1.42. The van der Waals surface area contributed by atoms with Crippen LogP contribution in [0.15, 0.2) is 24.5 Å². The maximum atomic E-state index is 11.4. The van der Waals surface area contributed by atoms with Gasteiger partial charge < -0.3 is 10.6 Å². The Bertz CT molecular complexity index is 295. The lowest BCUT2D eigenvalue weighted by Gasteiger charge is -2.26. The highest BCUT2D eigenvalue weighted by molar-refractivity contribution is 5.95. The van der Waals surface area contributed by atoms with E-state index in [9.17, 15) is 4.79 Å². The molecule has 2 heterocycles. The molecule has 1 aliphatic rings. The summed E-state index contributed by atoms with van der Waals surface area (Å²) in [7, 11) is 0. The molecular formula is C9H11N3O. The molecule has 1 aromatic heterocycles. The predicted octanol–water partition coefficient (Wildman–Crippen LogP) is 0.382. The summed E-state index contributed by atoms with van der Waals surface area (Å²) in [6.07, 6.45) is 4.24. The second-order valence-electron chi connectivity index (χ2n) is 3.02. The summed E-state index contributed by atoms with van der Waals surface area (Å²) in [5.41, 5.74) is 0.800. The summed E-state index contributed by atoms with van der Waals surface area (Å²) in [4.78, 5) is 15.3. The monoisotopic (exact) mass is 177 g/mol. The van der Waals surface area contributed by atoms with Crippen LogP contribution in [0.5, 0.6) is 0 Å². The number of amides is 1. The number of nitrogens with zero attached hydrogens (tertiary/aromatic N) is 1. The standard InChI is InChI=1S/C9H11N3O/c13-9(8-3-6-11-8)12-7-1-4-10-5-2-7/h1-2,4-5,8,11H,3,6H2,(H,10,12,13). The zero-order valence-electron chi connectivity index (χ0n) is 7.16. The SMILES string of the molecule is O=C(Nc1ccncc1)C1CCN1. The van der Waals surface area contributed by atoms with Crippen LogP contribution in [0.25, 0.3) is 0 Å². The van der Waals surface area contributed by atoms with Crippen LogP contribution in [0.4, 0.5) is 5.69 Å². The van der Waals surface area contributed by atoms with Crippen molar-refractivity contribution < 1.29 is 4.79 Å². The van der Waals surface area contributed by atoms with E-state index in [0.29, 0.717) is 0 Å². The quantitative estimate of drug-likeness (QED) is 0.686. The fraction of sp³-hybridized carbons (Fsp3) is 0.333. The van der Waals surface area contributed by atoms with Crippen LogP contribution >= 0.6 is 0 Å². The fourth-order valence-electron chi connectivity index (χ4n) is 1.18. The van der Waals surface area contributed by atoms with Crippen LogP contribution in [-0.4, -0.2) is 23.5 Å². The van der Waals surface area contributed by atoms with E-state index in [1.165, 1.54) is 0 Å². The Morgan fingerprint density at radius 3 is 2.77 bits per heavy atom. The molecule has 1 saturated heterocycles. The van der Waals surface area contributed by atoms with Gasteiger partial charge in [-0.15, -0.1) is 0 Å². The zero-order chi connectivity index (χ0) is 9.10. The van der Waals surface area contributed by atoms with Crippen LogP contribution < -0.4 is 10.6 Å². The minimum Gasteiger partial charge on any atom is -0.325 e. The highest BCUT2D eigenvalue weighted by Crippen LogP contribution is 2.08. The molecule has 2 rings (SSSR count). The molecule has 2 N–H and O–H groups in total. The van der Waals surface area contributed by atoms with E-state index < -0.39 is 0 Å². The van der Waals surface area contributed by atoms with E-state index >= 15 is 0 Å². The van der Waals surface area contributed by atoms with Gasteiger partial charge in [0, 0.05) is 18.1 Å². The van der Waals surface area contributed by atoms with E-state index in [4.69, 9.17) is 0 Å². The first-order valence-electron chi connectivity index (χ1n) is 4.30. The number of pyridine rings is 1. The Morgan fingerprint density at radius 1 is 1.54 bits per heavy atom. The van der Waals surface area contributed by atoms with Crippen molar-refractivity contribution in [3.63, 3.8) is 0 Å². The van der Waals surface area contributed by atoms with Gasteiger partial charge in [-0.1, -0.05) is 0 Å². The Balaban J connectivity index is 1.94. The Kier molecular flexibility index (Phi) is 2.23. The van der Waals surface area contributed by atoms with Crippen LogP contribution in [0, 0.1) is 0 Å². The van der Waals surface area contributed by atoms with Crippen molar-refractivity contribution in [1.29, 1.82) is 0 Å². The minimum absolute atomic E-state index is 0.00633. The highest BCUT2D eigenvalue weighted by atomic mass is 16.2. The number of rotatable bonds is 2. The third-order valence-corrected chi connectivity index (χ3v) is 2.09. The van der Waals surface area contributed by atoms with Gasteiger partial charge in [0.1, 0.15) is 0 Å². The molecule has 0 aliphatic carbocycles. The van der Waals surface area contributed by atoms with Gasteiger partial charge >= 0.3 is 0 Å². The van der Waals surface area contributed by atoms with E-state index in [2.05, 4.69) is 15.6 Å². The molecule has 1 atom stereocenters. The number of carbonyl (C=O) groups excluding carboxylic acids is 1. The highest BCUT2D eigenvalue weighted by Gasteiger charge is 2.24. The number of aromatic nitrogens is 1. The molecule has 0 spiro atoms. The van der Waals surface area contributed by atoms with E-state index in [1.54, 1.807) is 24.5 Å². The molecule has 1 aliphatic heterocycles. The van der Waals surface area contributed by atoms with Crippen LogP contribution in [0.3, 0.4) is 0 Å². The summed E-state index contributed by atoms with van der Waals surface area (Å²) in [6.45, 7) is 0.939. The molecule has 13 heavy (non-hydrogen) atoms. The lowest BCUT2D eigenvalue weighted by molar-refractivity contribution is -0.119. The molecular weight excluding hydrogens is 166 g/mol. The van der Waals surface area contributed by atoms with E-state index in [0.717, 1.165) is 18.7 Å². The van der Waals surface area contributed by atoms with Gasteiger partial charge in [0.05, 0.1) is 6.04 Å². The summed E-state index contributed by atoms with van der Waals surface area (Å²) in [6, 6.07) is 3.54. The molecule has 0 radical (unpaired) electrons. The first-order valence-corrected chi connectivity index (χ1v) is 4.30. The molecule has 68 valence electrons. The van der Waals surface area contributed by atoms with Crippen LogP contribution in [-0.2, 0) is 4.79 Å². The van der Waals surface area contributed by atoms with Crippen molar-refractivity contribution >= 4 is 11.6 Å². The molecule has 4 nitrogen and oxygen atoms in total. The normalized spacial score (nSPS) is 20.5. The lowest BCUT2D eigenvalue weighted by Crippen LogP contribution is -2.50.